The largest absolute Gasteiger partial charge is 0.465 e. The lowest BCUT2D eigenvalue weighted by atomic mass is 10.1. The SMILES string of the molecule is COC(=O)c1sc(NC(=O)COC(=O)/C=C/c2ccco2)c(C(=O)OC)c1C. The molecule has 2 rings (SSSR count). The molecule has 0 aliphatic heterocycles. The van der Waals surface area contributed by atoms with Crippen molar-refractivity contribution in [3.63, 3.8) is 0 Å². The number of ether oxygens (including phenoxy) is 3. The average molecular weight is 407 g/mol. The Morgan fingerprint density at radius 1 is 1.18 bits per heavy atom. The maximum Gasteiger partial charge on any atom is 0.348 e. The zero-order valence-electron chi connectivity index (χ0n) is 15.3. The minimum atomic E-state index is -0.752. The number of hydrogen-bond acceptors (Lipinski definition) is 9. The van der Waals surface area contributed by atoms with Crippen molar-refractivity contribution in [2.24, 2.45) is 0 Å². The highest BCUT2D eigenvalue weighted by Crippen LogP contribution is 2.34. The van der Waals surface area contributed by atoms with Crippen LogP contribution in [0.3, 0.4) is 0 Å². The predicted octanol–water partition coefficient (Wildman–Crippen LogP) is 2.42. The summed E-state index contributed by atoms with van der Waals surface area (Å²) in [5.41, 5.74) is 0.350. The lowest BCUT2D eigenvalue weighted by Crippen LogP contribution is -2.21. The Hall–Kier alpha value is -3.40. The average Bonchev–Trinajstić information content (AvgIpc) is 3.31. The fourth-order valence-corrected chi connectivity index (χ4v) is 3.25. The Kier molecular flexibility index (Phi) is 7.10. The minimum absolute atomic E-state index is 0.0327. The van der Waals surface area contributed by atoms with E-state index in [9.17, 15) is 19.2 Å². The van der Waals surface area contributed by atoms with Crippen molar-refractivity contribution < 1.29 is 37.8 Å². The number of anilines is 1. The molecule has 28 heavy (non-hydrogen) atoms. The molecular formula is C18H17NO8S. The van der Waals surface area contributed by atoms with E-state index in [4.69, 9.17) is 13.9 Å². The Morgan fingerprint density at radius 3 is 2.50 bits per heavy atom. The van der Waals surface area contributed by atoms with Gasteiger partial charge in [0, 0.05) is 6.08 Å². The summed E-state index contributed by atoms with van der Waals surface area (Å²) < 4.78 is 19.2. The highest BCUT2D eigenvalue weighted by atomic mass is 32.1. The monoisotopic (exact) mass is 407 g/mol. The number of nitrogens with one attached hydrogen (secondary N) is 1. The van der Waals surface area contributed by atoms with Crippen LogP contribution < -0.4 is 5.32 Å². The summed E-state index contributed by atoms with van der Waals surface area (Å²) in [6.45, 7) is 0.941. The molecule has 10 heteroatoms. The van der Waals surface area contributed by atoms with Gasteiger partial charge >= 0.3 is 17.9 Å². The maximum atomic E-state index is 12.1. The van der Waals surface area contributed by atoms with Gasteiger partial charge in [0.05, 0.1) is 26.0 Å². The summed E-state index contributed by atoms with van der Waals surface area (Å²) in [6, 6.07) is 3.30. The molecule has 0 saturated carbocycles. The van der Waals surface area contributed by atoms with Crippen molar-refractivity contribution in [2.75, 3.05) is 26.1 Å². The van der Waals surface area contributed by atoms with Crippen LogP contribution in [0.25, 0.3) is 6.08 Å². The lowest BCUT2D eigenvalue weighted by Gasteiger charge is -2.06. The topological polar surface area (TPSA) is 121 Å². The third-order valence-corrected chi connectivity index (χ3v) is 4.62. The number of amides is 1. The van der Waals surface area contributed by atoms with Crippen molar-refractivity contribution >= 4 is 46.2 Å². The van der Waals surface area contributed by atoms with Crippen LogP contribution in [0, 0.1) is 6.92 Å². The van der Waals surface area contributed by atoms with Gasteiger partial charge < -0.3 is 23.9 Å². The molecular weight excluding hydrogens is 390 g/mol. The summed E-state index contributed by atoms with van der Waals surface area (Å²) in [7, 11) is 2.38. The molecule has 0 atom stereocenters. The van der Waals surface area contributed by atoms with E-state index < -0.39 is 30.4 Å². The molecule has 2 heterocycles. The Bertz CT molecular complexity index is 910. The number of methoxy groups -OCH3 is 2. The van der Waals surface area contributed by atoms with Gasteiger partial charge in [-0.25, -0.2) is 14.4 Å². The first-order valence-electron chi connectivity index (χ1n) is 7.85. The van der Waals surface area contributed by atoms with Crippen LogP contribution in [0.1, 0.15) is 31.4 Å². The Morgan fingerprint density at radius 2 is 1.89 bits per heavy atom. The Labute approximate surface area is 163 Å². The first-order valence-corrected chi connectivity index (χ1v) is 8.67. The molecule has 1 amide bonds. The summed E-state index contributed by atoms with van der Waals surface area (Å²) in [6.07, 6.45) is 3.94. The molecule has 2 aromatic rings. The second kappa shape index (κ2) is 9.51. The smallest absolute Gasteiger partial charge is 0.348 e. The molecule has 0 aliphatic carbocycles. The van der Waals surface area contributed by atoms with E-state index in [1.807, 2.05) is 0 Å². The van der Waals surface area contributed by atoms with Crippen LogP contribution in [0.5, 0.6) is 0 Å². The molecule has 2 aromatic heterocycles. The van der Waals surface area contributed by atoms with E-state index in [0.717, 1.165) is 17.4 Å². The molecule has 1 N–H and O–H groups in total. The standard InChI is InChI=1S/C18H17NO8S/c1-10-14(17(22)24-2)16(28-15(10)18(23)25-3)19-12(20)9-27-13(21)7-6-11-5-4-8-26-11/h4-8H,9H2,1-3H3,(H,19,20)/b7-6+. The van der Waals surface area contributed by atoms with Crippen LogP contribution in [-0.4, -0.2) is 44.6 Å². The number of carbonyl (C=O) groups is 4. The quantitative estimate of drug-likeness (QED) is 0.422. The first kappa shape index (κ1) is 20.9. The van der Waals surface area contributed by atoms with Gasteiger partial charge in [-0.3, -0.25) is 4.79 Å². The van der Waals surface area contributed by atoms with Gasteiger partial charge in [0.15, 0.2) is 6.61 Å². The number of carbonyl (C=O) groups excluding carboxylic acids is 4. The van der Waals surface area contributed by atoms with E-state index in [1.54, 1.807) is 12.1 Å². The summed E-state index contributed by atoms with van der Waals surface area (Å²) in [5, 5.41) is 2.54. The van der Waals surface area contributed by atoms with Gasteiger partial charge in [-0.05, 0) is 30.7 Å². The molecule has 0 aromatic carbocycles. The predicted molar refractivity (Wildman–Crippen MR) is 99.1 cm³/mol. The van der Waals surface area contributed by atoms with Gasteiger partial charge in [-0.1, -0.05) is 0 Å². The van der Waals surface area contributed by atoms with Gasteiger partial charge in [0.25, 0.3) is 5.91 Å². The molecule has 0 saturated heterocycles. The van der Waals surface area contributed by atoms with Crippen molar-refractivity contribution in [3.05, 3.63) is 46.2 Å². The van der Waals surface area contributed by atoms with Crippen LogP contribution in [-0.2, 0) is 23.8 Å². The number of furan rings is 1. The van der Waals surface area contributed by atoms with Crippen molar-refractivity contribution in [1.82, 2.24) is 0 Å². The van der Waals surface area contributed by atoms with Crippen LogP contribution in [0.4, 0.5) is 5.00 Å². The van der Waals surface area contributed by atoms with Crippen LogP contribution in [0.2, 0.25) is 0 Å². The normalized spacial score (nSPS) is 10.5. The molecule has 0 aliphatic rings. The number of hydrogen-bond donors (Lipinski definition) is 1. The fourth-order valence-electron chi connectivity index (χ4n) is 2.12. The summed E-state index contributed by atoms with van der Waals surface area (Å²) in [5.74, 6) is -2.37. The van der Waals surface area contributed by atoms with Gasteiger partial charge in [-0.15, -0.1) is 11.3 Å². The van der Waals surface area contributed by atoms with Gasteiger partial charge in [-0.2, -0.15) is 0 Å². The number of thiophene rings is 1. The van der Waals surface area contributed by atoms with E-state index in [-0.39, 0.29) is 15.4 Å². The van der Waals surface area contributed by atoms with Crippen LogP contribution >= 0.6 is 11.3 Å². The number of esters is 3. The van der Waals surface area contributed by atoms with Gasteiger partial charge in [0.2, 0.25) is 0 Å². The van der Waals surface area contributed by atoms with E-state index in [1.165, 1.54) is 33.5 Å². The molecule has 148 valence electrons. The first-order chi connectivity index (χ1) is 13.4. The lowest BCUT2D eigenvalue weighted by molar-refractivity contribution is -0.142. The second-order valence-electron chi connectivity index (χ2n) is 5.25. The van der Waals surface area contributed by atoms with Crippen molar-refractivity contribution in [3.8, 4) is 0 Å². The molecule has 0 fully saturated rings. The number of rotatable bonds is 7. The maximum absolute atomic E-state index is 12.1. The highest BCUT2D eigenvalue weighted by Gasteiger charge is 2.26. The zero-order chi connectivity index (χ0) is 20.7. The van der Waals surface area contributed by atoms with E-state index in [0.29, 0.717) is 11.3 Å². The Balaban J connectivity index is 2.05. The zero-order valence-corrected chi connectivity index (χ0v) is 16.1. The van der Waals surface area contributed by atoms with Crippen molar-refractivity contribution in [1.29, 1.82) is 0 Å². The van der Waals surface area contributed by atoms with E-state index >= 15 is 0 Å². The van der Waals surface area contributed by atoms with Crippen molar-refractivity contribution in [2.45, 2.75) is 6.92 Å². The fraction of sp³-hybridized carbons (Fsp3) is 0.222. The second-order valence-corrected chi connectivity index (χ2v) is 6.27. The molecule has 0 bridgehead atoms. The highest BCUT2D eigenvalue weighted by molar-refractivity contribution is 7.18. The van der Waals surface area contributed by atoms with Gasteiger partial charge in [0.1, 0.15) is 15.6 Å². The van der Waals surface area contributed by atoms with E-state index in [2.05, 4.69) is 10.1 Å². The molecule has 0 radical (unpaired) electrons. The molecule has 0 unspecified atom stereocenters. The minimum Gasteiger partial charge on any atom is -0.465 e. The third-order valence-electron chi connectivity index (χ3n) is 3.43. The third kappa shape index (κ3) is 5.07. The molecule has 9 nitrogen and oxygen atoms in total. The summed E-state index contributed by atoms with van der Waals surface area (Å²) >= 11 is 0.859. The summed E-state index contributed by atoms with van der Waals surface area (Å²) in [4.78, 5) is 47.7. The van der Waals surface area contributed by atoms with Crippen LogP contribution in [0.15, 0.2) is 28.9 Å². The molecule has 0 spiro atoms.